The fraction of sp³-hybridized carbons (Fsp3) is 0.917. The van der Waals surface area contributed by atoms with Crippen LogP contribution in [0.2, 0.25) is 0 Å². The Morgan fingerprint density at radius 2 is 1.79 bits per heavy atom. The summed E-state index contributed by atoms with van der Waals surface area (Å²) in [6.45, 7) is 11.0. The minimum atomic E-state index is -0.223. The third-order valence-corrected chi connectivity index (χ3v) is 5.12. The molecule has 2 unspecified atom stereocenters. The zero-order valence-electron chi connectivity index (χ0n) is 9.92. The van der Waals surface area contributed by atoms with Crippen LogP contribution in [0.25, 0.3) is 0 Å². The minimum Gasteiger partial charge on any atom is -0.624 e. The zero-order chi connectivity index (χ0) is 10.8. The summed E-state index contributed by atoms with van der Waals surface area (Å²) in [6.07, 6.45) is 4.27. The molecule has 2 bridgehead atoms. The van der Waals surface area contributed by atoms with Crippen LogP contribution in [-0.4, -0.2) is 16.5 Å². The van der Waals surface area contributed by atoms with Crippen molar-refractivity contribution in [2.24, 2.45) is 16.7 Å². The van der Waals surface area contributed by atoms with Gasteiger partial charge in [0, 0.05) is 19.8 Å². The lowest BCUT2D eigenvalue weighted by Crippen LogP contribution is -2.55. The number of hydrogen-bond donors (Lipinski definition) is 0. The number of hydrogen-bond acceptors (Lipinski definition) is 1. The summed E-state index contributed by atoms with van der Waals surface area (Å²) < 4.78 is 1.20. The first-order valence-corrected chi connectivity index (χ1v) is 5.54. The molecule has 2 nitrogen and oxygen atoms in total. The Kier molecular flexibility index (Phi) is 1.67. The standard InChI is InChI=1S/C12H21NO/c1-10(2)9-6-7-12(10,5)8-13(14)11(9,3)4/h8-9H,6-7H2,1-5H3. The summed E-state index contributed by atoms with van der Waals surface area (Å²) in [7, 11) is 0. The lowest BCUT2D eigenvalue weighted by atomic mass is 9.60. The highest BCUT2D eigenvalue weighted by molar-refractivity contribution is 5.64. The van der Waals surface area contributed by atoms with Gasteiger partial charge in [-0.3, -0.25) is 0 Å². The predicted octanol–water partition coefficient (Wildman–Crippen LogP) is 2.80. The SMILES string of the molecule is CC1(C)C2CCC(C)(C=[N+]1[O-])C2(C)C. The zero-order valence-corrected chi connectivity index (χ0v) is 9.92. The molecule has 1 fully saturated rings. The normalized spacial score (nSPS) is 43.5. The molecule has 2 heteroatoms. The molecule has 1 aliphatic heterocycles. The first kappa shape index (κ1) is 10.0. The molecule has 1 saturated carbocycles. The monoisotopic (exact) mass is 195 g/mol. The average Bonchev–Trinajstić information content (AvgIpc) is 2.17. The van der Waals surface area contributed by atoms with Gasteiger partial charge in [-0.25, -0.2) is 4.74 Å². The van der Waals surface area contributed by atoms with Gasteiger partial charge >= 0.3 is 0 Å². The van der Waals surface area contributed by atoms with Gasteiger partial charge in [-0.05, 0) is 25.2 Å². The third-order valence-electron chi connectivity index (χ3n) is 5.12. The van der Waals surface area contributed by atoms with Crippen molar-refractivity contribution < 1.29 is 4.74 Å². The van der Waals surface area contributed by atoms with Gasteiger partial charge in [0.05, 0.1) is 5.41 Å². The van der Waals surface area contributed by atoms with Crippen LogP contribution in [0.1, 0.15) is 47.5 Å². The molecule has 0 saturated heterocycles. The van der Waals surface area contributed by atoms with Crippen LogP contribution in [0.4, 0.5) is 0 Å². The van der Waals surface area contributed by atoms with Crippen molar-refractivity contribution >= 4 is 6.21 Å². The van der Waals surface area contributed by atoms with E-state index >= 15 is 0 Å². The Labute approximate surface area is 86.6 Å². The fourth-order valence-electron chi connectivity index (χ4n) is 3.57. The van der Waals surface area contributed by atoms with Gasteiger partial charge in [-0.2, -0.15) is 0 Å². The van der Waals surface area contributed by atoms with Crippen LogP contribution < -0.4 is 0 Å². The third kappa shape index (κ3) is 0.896. The van der Waals surface area contributed by atoms with E-state index in [4.69, 9.17) is 0 Å². The van der Waals surface area contributed by atoms with Crippen LogP contribution in [-0.2, 0) is 0 Å². The highest BCUT2D eigenvalue weighted by atomic mass is 16.5. The van der Waals surface area contributed by atoms with Crippen LogP contribution in [0.3, 0.4) is 0 Å². The molecule has 80 valence electrons. The lowest BCUT2D eigenvalue weighted by molar-refractivity contribution is -0.562. The van der Waals surface area contributed by atoms with E-state index in [1.807, 2.05) is 6.21 Å². The van der Waals surface area contributed by atoms with E-state index in [2.05, 4.69) is 34.6 Å². The van der Waals surface area contributed by atoms with E-state index in [9.17, 15) is 5.21 Å². The highest BCUT2D eigenvalue weighted by Gasteiger charge is 2.63. The molecular weight excluding hydrogens is 174 g/mol. The number of hydroxylamine groups is 1. The molecule has 2 aliphatic rings. The molecule has 0 aromatic carbocycles. The van der Waals surface area contributed by atoms with Crippen molar-refractivity contribution in [1.82, 2.24) is 0 Å². The summed E-state index contributed by atoms with van der Waals surface area (Å²) in [6, 6.07) is 0. The first-order chi connectivity index (χ1) is 6.22. The van der Waals surface area contributed by atoms with E-state index in [0.717, 1.165) is 6.42 Å². The topological polar surface area (TPSA) is 26.1 Å². The van der Waals surface area contributed by atoms with Gasteiger partial charge < -0.3 is 5.21 Å². The van der Waals surface area contributed by atoms with Gasteiger partial charge in [0.15, 0.2) is 11.8 Å². The Hall–Kier alpha value is -0.530. The largest absolute Gasteiger partial charge is 0.624 e. The van der Waals surface area contributed by atoms with Gasteiger partial charge in [0.2, 0.25) is 0 Å². The van der Waals surface area contributed by atoms with Crippen molar-refractivity contribution in [2.75, 3.05) is 0 Å². The maximum absolute atomic E-state index is 11.9. The number of fused-ring (bicyclic) bond motifs is 2. The van der Waals surface area contributed by atoms with Crippen LogP contribution >= 0.6 is 0 Å². The molecule has 0 aromatic heterocycles. The fourth-order valence-corrected chi connectivity index (χ4v) is 3.57. The second-order valence-corrected chi connectivity index (χ2v) is 6.34. The Bertz CT molecular complexity index is 303. The number of nitrogens with zero attached hydrogens (tertiary/aromatic N) is 1. The van der Waals surface area contributed by atoms with Crippen molar-refractivity contribution in [3.63, 3.8) is 0 Å². The lowest BCUT2D eigenvalue weighted by Gasteiger charge is -2.47. The predicted molar refractivity (Wildman–Crippen MR) is 58.4 cm³/mol. The molecule has 0 spiro atoms. The van der Waals surface area contributed by atoms with Crippen molar-refractivity contribution in [2.45, 2.75) is 53.0 Å². The van der Waals surface area contributed by atoms with E-state index in [0.29, 0.717) is 5.92 Å². The molecule has 1 aliphatic carbocycles. The average molecular weight is 195 g/mol. The second kappa shape index (κ2) is 2.34. The highest BCUT2D eigenvalue weighted by Crippen LogP contribution is 2.60. The smallest absolute Gasteiger partial charge is 0.170 e. The van der Waals surface area contributed by atoms with E-state index < -0.39 is 0 Å². The van der Waals surface area contributed by atoms with Gasteiger partial charge in [-0.15, -0.1) is 0 Å². The summed E-state index contributed by atoms with van der Waals surface area (Å²) >= 11 is 0. The minimum absolute atomic E-state index is 0.106. The first-order valence-electron chi connectivity index (χ1n) is 5.54. The van der Waals surface area contributed by atoms with Crippen LogP contribution in [0, 0.1) is 22.0 Å². The van der Waals surface area contributed by atoms with E-state index in [1.165, 1.54) is 11.2 Å². The number of rotatable bonds is 0. The molecule has 2 rings (SSSR count). The Morgan fingerprint density at radius 3 is 2.36 bits per heavy atom. The Balaban J connectivity index is 2.58. The molecule has 1 heterocycles. The Morgan fingerprint density at radius 1 is 1.21 bits per heavy atom. The maximum Gasteiger partial charge on any atom is 0.170 e. The molecule has 0 aromatic rings. The molecule has 0 N–H and O–H groups in total. The summed E-state index contributed by atoms with van der Waals surface area (Å²) in [4.78, 5) is 0. The quantitative estimate of drug-likeness (QED) is 0.431. The van der Waals surface area contributed by atoms with Crippen molar-refractivity contribution in [3.05, 3.63) is 5.21 Å². The van der Waals surface area contributed by atoms with Gasteiger partial charge in [-0.1, -0.05) is 13.8 Å². The van der Waals surface area contributed by atoms with Crippen LogP contribution in [0.15, 0.2) is 0 Å². The molecule has 14 heavy (non-hydrogen) atoms. The van der Waals surface area contributed by atoms with Crippen LogP contribution in [0.5, 0.6) is 0 Å². The molecule has 0 amide bonds. The van der Waals surface area contributed by atoms with E-state index in [-0.39, 0.29) is 16.4 Å². The van der Waals surface area contributed by atoms with E-state index in [1.54, 1.807) is 0 Å². The summed E-state index contributed by atoms with van der Waals surface area (Å²) in [5.41, 5.74) is 0.145. The second-order valence-electron chi connectivity index (χ2n) is 6.34. The summed E-state index contributed by atoms with van der Waals surface area (Å²) in [5, 5.41) is 11.9. The molecular formula is C12H21NO. The van der Waals surface area contributed by atoms with Crippen molar-refractivity contribution in [1.29, 1.82) is 0 Å². The van der Waals surface area contributed by atoms with Gasteiger partial charge in [0.25, 0.3) is 0 Å². The van der Waals surface area contributed by atoms with Gasteiger partial charge in [0.1, 0.15) is 0 Å². The maximum atomic E-state index is 11.9. The van der Waals surface area contributed by atoms with Crippen molar-refractivity contribution in [3.8, 4) is 0 Å². The molecule has 2 atom stereocenters. The summed E-state index contributed by atoms with van der Waals surface area (Å²) in [5.74, 6) is 0.516. The molecule has 0 radical (unpaired) electrons.